The zero-order valence-electron chi connectivity index (χ0n) is 15.8. The highest BCUT2D eigenvalue weighted by atomic mass is 32.2. The fraction of sp³-hybridized carbons (Fsp3) is 0.190. The molecule has 0 aliphatic rings. The molecule has 0 atom stereocenters. The molecule has 27 heavy (non-hydrogen) atoms. The van der Waals surface area contributed by atoms with Crippen LogP contribution in [0, 0.1) is 20.8 Å². The summed E-state index contributed by atoms with van der Waals surface area (Å²) in [5, 5.41) is 5.96. The molecule has 0 aliphatic carbocycles. The zero-order chi connectivity index (χ0) is 19.6. The summed E-state index contributed by atoms with van der Waals surface area (Å²) in [4.78, 5) is 2.59. The molecule has 0 bridgehead atoms. The van der Waals surface area contributed by atoms with Crippen LogP contribution in [0.4, 0.5) is 0 Å². The van der Waals surface area contributed by atoms with Crippen molar-refractivity contribution in [2.24, 2.45) is 5.10 Å². The van der Waals surface area contributed by atoms with Crippen LogP contribution < -0.4 is 9.57 Å². The standard InChI is InChI=1S/C21H22N2O3S/c1-14-11-15(2)21(16(3)12-14)27(24,25)23-22-13-19-18-8-6-5-7-17(18)9-10-20(19)26-4/h5-13,23H,1-4H3/b22-13+. The Kier molecular flexibility index (Phi) is 5.19. The fourth-order valence-corrected chi connectivity index (χ4v) is 4.63. The first-order valence-corrected chi connectivity index (χ1v) is 10.0. The Labute approximate surface area is 159 Å². The fourth-order valence-electron chi connectivity index (χ4n) is 3.38. The number of hydrazone groups is 1. The molecule has 0 amide bonds. The number of nitrogens with one attached hydrogen (secondary N) is 1. The number of sulfonamides is 1. The monoisotopic (exact) mass is 382 g/mol. The van der Waals surface area contributed by atoms with Crippen LogP contribution in [0.3, 0.4) is 0 Å². The topological polar surface area (TPSA) is 67.8 Å². The third-order valence-corrected chi connectivity index (χ3v) is 5.92. The van der Waals surface area contributed by atoms with Crippen LogP contribution >= 0.6 is 0 Å². The number of aryl methyl sites for hydroxylation is 3. The Morgan fingerprint density at radius 1 is 1.00 bits per heavy atom. The van der Waals surface area contributed by atoms with Gasteiger partial charge in [-0.05, 0) is 48.7 Å². The van der Waals surface area contributed by atoms with Crippen molar-refractivity contribution in [3.05, 3.63) is 70.8 Å². The largest absolute Gasteiger partial charge is 0.496 e. The number of methoxy groups -OCH3 is 1. The second-order valence-corrected chi connectivity index (χ2v) is 8.08. The average molecular weight is 382 g/mol. The van der Waals surface area contributed by atoms with Gasteiger partial charge >= 0.3 is 0 Å². The van der Waals surface area contributed by atoms with Gasteiger partial charge in [0.25, 0.3) is 10.0 Å². The Hall–Kier alpha value is -2.86. The number of benzene rings is 3. The molecule has 0 spiro atoms. The van der Waals surface area contributed by atoms with Crippen LogP contribution in [0.15, 0.2) is 58.5 Å². The summed E-state index contributed by atoms with van der Waals surface area (Å²) in [6.45, 7) is 5.51. The van der Waals surface area contributed by atoms with Gasteiger partial charge in [0, 0.05) is 5.56 Å². The Morgan fingerprint density at radius 3 is 2.33 bits per heavy atom. The molecule has 3 aromatic rings. The maximum Gasteiger partial charge on any atom is 0.277 e. The zero-order valence-corrected chi connectivity index (χ0v) is 16.6. The second kappa shape index (κ2) is 7.40. The van der Waals surface area contributed by atoms with E-state index in [0.29, 0.717) is 16.9 Å². The van der Waals surface area contributed by atoms with Gasteiger partial charge in [0.15, 0.2) is 0 Å². The lowest BCUT2D eigenvalue weighted by Crippen LogP contribution is -2.20. The minimum Gasteiger partial charge on any atom is -0.496 e. The van der Waals surface area contributed by atoms with E-state index in [1.165, 1.54) is 6.21 Å². The summed E-state index contributed by atoms with van der Waals surface area (Å²) in [7, 11) is -2.20. The van der Waals surface area contributed by atoms with Gasteiger partial charge < -0.3 is 4.74 Å². The number of ether oxygens (including phenoxy) is 1. The number of fused-ring (bicyclic) bond motifs is 1. The van der Waals surface area contributed by atoms with Gasteiger partial charge in [-0.1, -0.05) is 48.0 Å². The van der Waals surface area contributed by atoms with E-state index in [1.807, 2.05) is 55.5 Å². The van der Waals surface area contributed by atoms with Crippen molar-refractivity contribution in [1.82, 2.24) is 4.83 Å². The molecule has 6 heteroatoms. The van der Waals surface area contributed by atoms with E-state index < -0.39 is 10.0 Å². The quantitative estimate of drug-likeness (QED) is 0.534. The second-order valence-electron chi connectivity index (χ2n) is 6.48. The van der Waals surface area contributed by atoms with Gasteiger partial charge in [-0.3, -0.25) is 0 Å². The molecule has 0 saturated heterocycles. The predicted molar refractivity (Wildman–Crippen MR) is 109 cm³/mol. The summed E-state index contributed by atoms with van der Waals surface area (Å²) >= 11 is 0. The van der Waals surface area contributed by atoms with Crippen LogP contribution in [-0.2, 0) is 10.0 Å². The Morgan fingerprint density at radius 2 is 1.67 bits per heavy atom. The van der Waals surface area contributed by atoms with E-state index in [-0.39, 0.29) is 4.90 Å². The Bertz CT molecular complexity index is 1110. The molecular weight excluding hydrogens is 360 g/mol. The SMILES string of the molecule is COc1ccc2ccccc2c1/C=N/NS(=O)(=O)c1c(C)cc(C)cc1C. The van der Waals surface area contributed by atoms with E-state index in [9.17, 15) is 8.42 Å². The van der Waals surface area contributed by atoms with Crippen LogP contribution in [0.25, 0.3) is 10.8 Å². The van der Waals surface area contributed by atoms with E-state index >= 15 is 0 Å². The number of hydrogen-bond donors (Lipinski definition) is 1. The lowest BCUT2D eigenvalue weighted by atomic mass is 10.0. The first-order chi connectivity index (χ1) is 12.8. The molecule has 0 fully saturated rings. The Balaban J connectivity index is 1.98. The lowest BCUT2D eigenvalue weighted by molar-refractivity contribution is 0.415. The summed E-state index contributed by atoms with van der Waals surface area (Å²) in [6.07, 6.45) is 1.48. The van der Waals surface area contributed by atoms with Crippen LogP contribution in [0.2, 0.25) is 0 Å². The van der Waals surface area contributed by atoms with Gasteiger partial charge in [-0.25, -0.2) is 4.83 Å². The highest BCUT2D eigenvalue weighted by Crippen LogP contribution is 2.26. The van der Waals surface area contributed by atoms with Crippen molar-refractivity contribution in [3.8, 4) is 5.75 Å². The molecule has 0 aliphatic heterocycles. The first-order valence-electron chi connectivity index (χ1n) is 8.52. The van der Waals surface area contributed by atoms with Crippen LogP contribution in [0.5, 0.6) is 5.75 Å². The molecular formula is C21H22N2O3S. The van der Waals surface area contributed by atoms with Crippen molar-refractivity contribution in [1.29, 1.82) is 0 Å². The van der Waals surface area contributed by atoms with E-state index in [1.54, 1.807) is 21.0 Å². The van der Waals surface area contributed by atoms with E-state index in [4.69, 9.17) is 4.74 Å². The van der Waals surface area contributed by atoms with Crippen molar-refractivity contribution in [3.63, 3.8) is 0 Å². The molecule has 0 heterocycles. The molecule has 140 valence electrons. The molecule has 0 saturated carbocycles. The van der Waals surface area contributed by atoms with Crippen molar-refractivity contribution >= 4 is 27.0 Å². The van der Waals surface area contributed by atoms with Crippen molar-refractivity contribution in [2.75, 3.05) is 7.11 Å². The minimum atomic E-state index is -3.77. The molecule has 1 N–H and O–H groups in total. The summed E-state index contributed by atoms with van der Waals surface area (Å²) in [5.41, 5.74) is 3.12. The summed E-state index contributed by atoms with van der Waals surface area (Å²) < 4.78 is 30.9. The number of hydrogen-bond acceptors (Lipinski definition) is 4. The minimum absolute atomic E-state index is 0.259. The number of nitrogens with zero attached hydrogens (tertiary/aromatic N) is 1. The highest BCUT2D eigenvalue weighted by Gasteiger charge is 2.19. The van der Waals surface area contributed by atoms with Crippen LogP contribution in [0.1, 0.15) is 22.3 Å². The van der Waals surface area contributed by atoms with E-state index in [2.05, 4.69) is 9.93 Å². The maximum atomic E-state index is 12.7. The summed E-state index contributed by atoms with van der Waals surface area (Å²) in [6, 6.07) is 15.3. The molecule has 0 unspecified atom stereocenters. The molecule has 3 aromatic carbocycles. The third kappa shape index (κ3) is 3.80. The smallest absolute Gasteiger partial charge is 0.277 e. The average Bonchev–Trinajstić information content (AvgIpc) is 2.60. The van der Waals surface area contributed by atoms with E-state index in [0.717, 1.165) is 21.9 Å². The van der Waals surface area contributed by atoms with Gasteiger partial charge in [0.2, 0.25) is 0 Å². The van der Waals surface area contributed by atoms with Crippen LogP contribution in [-0.4, -0.2) is 21.7 Å². The van der Waals surface area contributed by atoms with Gasteiger partial charge in [0.1, 0.15) is 5.75 Å². The normalized spacial score (nSPS) is 11.9. The van der Waals surface area contributed by atoms with Gasteiger partial charge in [0.05, 0.1) is 18.2 Å². The molecule has 0 radical (unpaired) electrons. The first kappa shape index (κ1) is 18.9. The highest BCUT2D eigenvalue weighted by molar-refractivity contribution is 7.89. The number of rotatable bonds is 5. The van der Waals surface area contributed by atoms with Crippen molar-refractivity contribution < 1.29 is 13.2 Å². The molecule has 0 aromatic heterocycles. The van der Waals surface area contributed by atoms with Gasteiger partial charge in [-0.15, -0.1) is 0 Å². The van der Waals surface area contributed by atoms with Crippen molar-refractivity contribution in [2.45, 2.75) is 25.7 Å². The predicted octanol–water partition coefficient (Wildman–Crippen LogP) is 4.09. The third-order valence-electron chi connectivity index (χ3n) is 4.39. The van der Waals surface area contributed by atoms with Gasteiger partial charge in [-0.2, -0.15) is 13.5 Å². The molecule has 5 nitrogen and oxygen atoms in total. The molecule has 3 rings (SSSR count). The maximum absolute atomic E-state index is 12.7. The summed E-state index contributed by atoms with van der Waals surface area (Å²) in [5.74, 6) is 0.624. The lowest BCUT2D eigenvalue weighted by Gasteiger charge is -2.12.